The van der Waals surface area contributed by atoms with Crippen molar-refractivity contribution in [3.05, 3.63) is 0 Å². The summed E-state index contributed by atoms with van der Waals surface area (Å²) in [5, 5.41) is -2.36. The van der Waals surface area contributed by atoms with E-state index in [0.29, 0.717) is 0 Å². The van der Waals surface area contributed by atoms with Crippen LogP contribution >= 0.6 is 24.2 Å². The lowest BCUT2D eigenvalue weighted by molar-refractivity contribution is -0.133. The molecule has 0 saturated carbocycles. The molecule has 0 aliphatic heterocycles. The van der Waals surface area contributed by atoms with Gasteiger partial charge in [0.1, 0.15) is 0 Å². The van der Waals surface area contributed by atoms with E-state index >= 15 is 0 Å². The Labute approximate surface area is 68.1 Å². The van der Waals surface area contributed by atoms with Gasteiger partial charge in [-0.3, -0.25) is 14.4 Å². The van der Waals surface area contributed by atoms with E-state index < -0.39 is 22.1 Å². The molecule has 1 atom stereocenters. The van der Waals surface area contributed by atoms with Gasteiger partial charge in [0.05, 0.1) is 0 Å². The van der Waals surface area contributed by atoms with Crippen LogP contribution in [0, 0.1) is 0 Å². The summed E-state index contributed by atoms with van der Waals surface area (Å²) in [6.45, 7) is 1.13. The van der Waals surface area contributed by atoms with Crippen LogP contribution in [0.1, 0.15) is 6.92 Å². The number of ketones is 2. The van der Waals surface area contributed by atoms with E-state index in [1.54, 1.807) is 0 Å². The van der Waals surface area contributed by atoms with Gasteiger partial charge < -0.3 is 0 Å². The van der Waals surface area contributed by atoms with Gasteiger partial charge in [-0.05, 0) is 6.92 Å². The first-order valence-electron chi connectivity index (χ1n) is 2.38. The van der Waals surface area contributed by atoms with Gasteiger partial charge >= 0.3 is 0 Å². The first kappa shape index (κ1) is 9.65. The third-order valence-corrected chi connectivity index (χ3v) is 1.52. The van der Waals surface area contributed by atoms with Crippen molar-refractivity contribution in [1.29, 1.82) is 0 Å². The van der Waals surface area contributed by atoms with E-state index in [1.807, 2.05) is 0 Å². The predicted molar refractivity (Wildman–Crippen MR) is 39.3 cm³/mol. The summed E-state index contributed by atoms with van der Waals surface area (Å²) >= 11 is 8.39. The smallest absolute Gasteiger partial charge is 0.254 e. The summed E-state index contributed by atoms with van der Waals surface area (Å²) in [4.78, 5) is 31.0. The fourth-order valence-corrected chi connectivity index (χ4v) is 0.597. The summed E-state index contributed by atoms with van der Waals surface area (Å²) in [5.41, 5.74) is 0. The SMILES string of the molecule is CC(=O)C(Cl)C(=O)C(=O)S. The molecule has 0 amide bonds. The van der Waals surface area contributed by atoms with Crippen molar-refractivity contribution in [2.45, 2.75) is 12.3 Å². The minimum atomic E-state index is -1.37. The fourth-order valence-electron chi connectivity index (χ4n) is 0.293. The molecule has 0 spiro atoms. The molecule has 0 fully saturated rings. The van der Waals surface area contributed by atoms with Gasteiger partial charge in [-0.25, -0.2) is 0 Å². The maximum atomic E-state index is 10.5. The molecule has 56 valence electrons. The lowest BCUT2D eigenvalue weighted by Crippen LogP contribution is -2.26. The average molecular weight is 181 g/mol. The number of rotatable bonds is 3. The minimum Gasteiger partial charge on any atom is -0.298 e. The molecule has 5 heteroatoms. The Balaban J connectivity index is 4.22. The third kappa shape index (κ3) is 2.49. The summed E-state index contributed by atoms with van der Waals surface area (Å²) in [7, 11) is 0. The first-order valence-corrected chi connectivity index (χ1v) is 3.27. The minimum absolute atomic E-state index is 0.547. The Morgan fingerprint density at radius 2 is 1.80 bits per heavy atom. The highest BCUT2D eigenvalue weighted by atomic mass is 35.5. The second-order valence-electron chi connectivity index (χ2n) is 1.64. The van der Waals surface area contributed by atoms with Crippen molar-refractivity contribution in [2.24, 2.45) is 0 Å². The molecule has 0 saturated heterocycles. The van der Waals surface area contributed by atoms with Gasteiger partial charge in [-0.2, -0.15) is 0 Å². The van der Waals surface area contributed by atoms with Crippen LogP contribution in [0.4, 0.5) is 0 Å². The fraction of sp³-hybridized carbons (Fsp3) is 0.400. The molecule has 1 unspecified atom stereocenters. The van der Waals surface area contributed by atoms with Crippen molar-refractivity contribution in [3.8, 4) is 0 Å². The highest BCUT2D eigenvalue weighted by Crippen LogP contribution is 2.01. The maximum Gasteiger partial charge on any atom is 0.254 e. The van der Waals surface area contributed by atoms with E-state index in [4.69, 9.17) is 11.6 Å². The molecule has 0 heterocycles. The van der Waals surface area contributed by atoms with Crippen molar-refractivity contribution in [3.63, 3.8) is 0 Å². The Morgan fingerprint density at radius 3 is 1.90 bits per heavy atom. The highest BCUT2D eigenvalue weighted by molar-refractivity contribution is 7.98. The molecule has 0 aromatic carbocycles. The third-order valence-electron chi connectivity index (χ3n) is 0.798. The van der Waals surface area contributed by atoms with Crippen LogP contribution in [0.5, 0.6) is 0 Å². The molecular formula is C5H5ClO3S. The first-order chi connectivity index (χ1) is 4.46. The van der Waals surface area contributed by atoms with Crippen molar-refractivity contribution in [2.75, 3.05) is 0 Å². The number of carbonyl (C=O) groups is 3. The summed E-state index contributed by atoms with van der Waals surface area (Å²) in [6.07, 6.45) is 0. The quantitative estimate of drug-likeness (QED) is 0.292. The number of hydrogen-bond acceptors (Lipinski definition) is 3. The normalized spacial score (nSPS) is 12.3. The summed E-state index contributed by atoms with van der Waals surface area (Å²) in [6, 6.07) is 0. The van der Waals surface area contributed by atoms with Crippen molar-refractivity contribution < 1.29 is 14.4 Å². The topological polar surface area (TPSA) is 51.2 Å². The van der Waals surface area contributed by atoms with Crippen LogP contribution in [-0.4, -0.2) is 22.1 Å². The molecule has 0 aliphatic rings. The Bertz CT molecular complexity index is 189. The zero-order chi connectivity index (χ0) is 8.31. The number of halogens is 1. The number of thiol groups is 1. The second kappa shape index (κ2) is 3.73. The van der Waals surface area contributed by atoms with E-state index in [1.165, 1.54) is 0 Å². The number of alkyl halides is 1. The number of carbonyl (C=O) groups excluding carboxylic acids is 3. The maximum absolute atomic E-state index is 10.5. The molecule has 0 bridgehead atoms. The monoisotopic (exact) mass is 180 g/mol. The Morgan fingerprint density at radius 1 is 1.40 bits per heavy atom. The van der Waals surface area contributed by atoms with Crippen LogP contribution in [-0.2, 0) is 14.4 Å². The van der Waals surface area contributed by atoms with Crippen molar-refractivity contribution in [1.82, 2.24) is 0 Å². The van der Waals surface area contributed by atoms with Crippen LogP contribution in [0.15, 0.2) is 0 Å². The van der Waals surface area contributed by atoms with Crippen molar-refractivity contribution >= 4 is 40.9 Å². The van der Waals surface area contributed by atoms with Crippen LogP contribution in [0.3, 0.4) is 0 Å². The Hall–Kier alpha value is -0.350. The van der Waals surface area contributed by atoms with E-state index in [0.717, 1.165) is 6.92 Å². The largest absolute Gasteiger partial charge is 0.298 e. The van der Waals surface area contributed by atoms with E-state index in [2.05, 4.69) is 12.6 Å². The molecular weight excluding hydrogens is 176 g/mol. The van der Waals surface area contributed by atoms with Crippen LogP contribution in [0.2, 0.25) is 0 Å². The second-order valence-corrected chi connectivity index (χ2v) is 2.49. The van der Waals surface area contributed by atoms with Gasteiger partial charge in [0, 0.05) is 0 Å². The van der Waals surface area contributed by atoms with E-state index in [-0.39, 0.29) is 0 Å². The highest BCUT2D eigenvalue weighted by Gasteiger charge is 2.24. The van der Waals surface area contributed by atoms with Crippen LogP contribution in [0.25, 0.3) is 0 Å². The zero-order valence-electron chi connectivity index (χ0n) is 5.13. The van der Waals surface area contributed by atoms with Gasteiger partial charge in [0.15, 0.2) is 11.2 Å². The molecule has 0 aliphatic carbocycles. The lowest BCUT2D eigenvalue weighted by Gasteiger charge is -1.97. The van der Waals surface area contributed by atoms with Gasteiger partial charge in [0.2, 0.25) is 5.78 Å². The lowest BCUT2D eigenvalue weighted by atomic mass is 10.2. The van der Waals surface area contributed by atoms with Gasteiger partial charge in [0.25, 0.3) is 5.12 Å². The number of Topliss-reactive ketones (excluding diaryl/α,β-unsaturated/α-hetero) is 2. The average Bonchev–Trinajstić information content (AvgIpc) is 1.84. The summed E-state index contributed by atoms with van der Waals surface area (Å²) in [5.74, 6) is -1.52. The Kier molecular flexibility index (Phi) is 3.60. The molecule has 3 nitrogen and oxygen atoms in total. The predicted octanol–water partition coefficient (Wildman–Crippen LogP) is 0.208. The zero-order valence-corrected chi connectivity index (χ0v) is 6.78. The molecule has 0 N–H and O–H groups in total. The molecule has 0 radical (unpaired) electrons. The standard InChI is InChI=1S/C5H5ClO3S/c1-2(7)3(6)4(8)5(9)10/h3H,1H3,(H,9,10). The molecule has 10 heavy (non-hydrogen) atoms. The van der Waals surface area contributed by atoms with Gasteiger partial charge in [-0.15, -0.1) is 11.6 Å². The van der Waals surface area contributed by atoms with E-state index in [9.17, 15) is 14.4 Å². The molecule has 0 aromatic heterocycles. The van der Waals surface area contributed by atoms with Gasteiger partial charge in [-0.1, -0.05) is 12.6 Å². The summed E-state index contributed by atoms with van der Waals surface area (Å²) < 4.78 is 0. The molecule has 0 aromatic rings. The number of hydrogen-bond donors (Lipinski definition) is 1. The molecule has 0 rings (SSSR count). The van der Waals surface area contributed by atoms with Crippen LogP contribution < -0.4 is 0 Å².